The second kappa shape index (κ2) is 3.22. The van der Waals surface area contributed by atoms with Gasteiger partial charge in [0.1, 0.15) is 17.0 Å². The van der Waals surface area contributed by atoms with Crippen LogP contribution in [0.15, 0.2) is 18.5 Å². The molecule has 0 aliphatic carbocycles. The van der Waals surface area contributed by atoms with Gasteiger partial charge in [0, 0.05) is 12.4 Å². The molecule has 1 aromatic heterocycles. The predicted molar refractivity (Wildman–Crippen MR) is 48.6 cm³/mol. The second-order valence-electron chi connectivity index (χ2n) is 3.09. The lowest BCUT2D eigenvalue weighted by Gasteiger charge is -2.08. The van der Waals surface area contributed by atoms with Crippen LogP contribution in [0.4, 0.5) is 18.9 Å². The maximum atomic E-state index is 12.5. The first-order valence-electron chi connectivity index (χ1n) is 4.18. The molecule has 83 valence electrons. The molecule has 0 saturated carbocycles. The van der Waals surface area contributed by atoms with Crippen molar-refractivity contribution in [2.24, 2.45) is 5.73 Å². The van der Waals surface area contributed by atoms with Gasteiger partial charge in [0.2, 0.25) is 0 Å². The summed E-state index contributed by atoms with van der Waals surface area (Å²) < 4.78 is 37.5. The van der Waals surface area contributed by atoms with Crippen LogP contribution in [0.1, 0.15) is 16.1 Å². The van der Waals surface area contributed by atoms with Crippen LogP contribution in [-0.4, -0.2) is 17.1 Å². The molecule has 1 aromatic rings. The number of allylic oxidation sites excluding steroid dienone is 1. The molecule has 0 atom stereocenters. The summed E-state index contributed by atoms with van der Waals surface area (Å²) in [6, 6.07) is 1.23. The topological polar surface area (TPSA) is 70.1 Å². The highest BCUT2D eigenvalue weighted by atomic mass is 19.4. The van der Waals surface area contributed by atoms with Crippen LogP contribution in [0.25, 0.3) is 5.57 Å². The number of hydrogen-bond donors (Lipinski definition) is 1. The highest BCUT2D eigenvalue weighted by molar-refractivity contribution is 6.01. The number of aromatic nitrogens is 1. The quantitative estimate of drug-likeness (QED) is 0.787. The standard InChI is InChI=1S/C9H5F3N3O/c10-9(11,12)5-3-15-6-4(8(13)16)1-2-14-7(5)6/h1-3H,(H2,13,16). The number of pyridine rings is 1. The number of primary amides is 1. The van der Waals surface area contributed by atoms with Crippen molar-refractivity contribution in [3.05, 3.63) is 29.7 Å². The Kier molecular flexibility index (Phi) is 2.11. The number of nitrogens with two attached hydrogens (primary N) is 1. The summed E-state index contributed by atoms with van der Waals surface area (Å²) in [6.45, 7) is 0. The molecule has 2 heterocycles. The summed E-state index contributed by atoms with van der Waals surface area (Å²) in [5, 5.41) is 3.52. The van der Waals surface area contributed by atoms with E-state index in [9.17, 15) is 18.0 Å². The van der Waals surface area contributed by atoms with E-state index in [2.05, 4.69) is 10.3 Å². The third kappa shape index (κ3) is 1.50. The summed E-state index contributed by atoms with van der Waals surface area (Å²) >= 11 is 0. The van der Waals surface area contributed by atoms with Gasteiger partial charge in [-0.15, -0.1) is 0 Å². The largest absolute Gasteiger partial charge is 0.420 e. The third-order valence-corrected chi connectivity index (χ3v) is 2.07. The zero-order chi connectivity index (χ0) is 11.9. The average molecular weight is 228 g/mol. The number of amides is 1. The van der Waals surface area contributed by atoms with E-state index >= 15 is 0 Å². The first kappa shape index (κ1) is 10.5. The first-order valence-corrected chi connectivity index (χ1v) is 4.18. The van der Waals surface area contributed by atoms with Crippen LogP contribution >= 0.6 is 0 Å². The molecule has 0 aromatic carbocycles. The van der Waals surface area contributed by atoms with Crippen molar-refractivity contribution < 1.29 is 18.0 Å². The molecule has 4 nitrogen and oxygen atoms in total. The van der Waals surface area contributed by atoms with Gasteiger partial charge in [-0.3, -0.25) is 15.1 Å². The molecule has 0 unspecified atom stereocenters. The first-order chi connectivity index (χ1) is 7.41. The van der Waals surface area contributed by atoms with Crippen LogP contribution in [0.2, 0.25) is 0 Å². The number of carbonyl (C=O) groups excluding carboxylic acids is 1. The Labute approximate surface area is 88.0 Å². The molecule has 1 aliphatic rings. The van der Waals surface area contributed by atoms with Crippen LogP contribution in [0, 0.1) is 0 Å². The van der Waals surface area contributed by atoms with Crippen molar-refractivity contribution in [2.45, 2.75) is 6.18 Å². The van der Waals surface area contributed by atoms with Gasteiger partial charge in [-0.25, -0.2) is 0 Å². The minimum atomic E-state index is -4.54. The van der Waals surface area contributed by atoms with Gasteiger partial charge in [0.25, 0.3) is 5.91 Å². The molecule has 0 spiro atoms. The fourth-order valence-electron chi connectivity index (χ4n) is 1.38. The molecule has 16 heavy (non-hydrogen) atoms. The molecule has 1 amide bonds. The van der Waals surface area contributed by atoms with Gasteiger partial charge >= 0.3 is 6.18 Å². The second-order valence-corrected chi connectivity index (χ2v) is 3.09. The van der Waals surface area contributed by atoms with Crippen LogP contribution in [0.3, 0.4) is 0 Å². The number of nitrogens with zero attached hydrogens (tertiary/aromatic N) is 2. The summed E-state index contributed by atoms with van der Waals surface area (Å²) in [5.74, 6) is -0.834. The Hall–Kier alpha value is -2.05. The molecule has 1 aliphatic heterocycles. The summed E-state index contributed by atoms with van der Waals surface area (Å²) in [6.07, 6.45) is -2.80. The Balaban J connectivity index is 2.55. The van der Waals surface area contributed by atoms with Crippen molar-refractivity contribution in [3.63, 3.8) is 0 Å². The number of hydrogen-bond acceptors (Lipinski definition) is 2. The molecule has 7 heteroatoms. The van der Waals surface area contributed by atoms with Crippen molar-refractivity contribution in [3.8, 4) is 0 Å². The lowest BCUT2D eigenvalue weighted by atomic mass is 10.1. The van der Waals surface area contributed by atoms with Crippen molar-refractivity contribution in [1.82, 2.24) is 10.3 Å². The molecular formula is C9H5F3N3O. The van der Waals surface area contributed by atoms with E-state index in [0.717, 1.165) is 6.20 Å². The molecule has 2 rings (SSSR count). The van der Waals surface area contributed by atoms with Crippen LogP contribution < -0.4 is 11.1 Å². The Bertz CT molecular complexity index is 493. The zero-order valence-electron chi connectivity index (χ0n) is 7.75. The van der Waals surface area contributed by atoms with Gasteiger partial charge < -0.3 is 5.73 Å². The zero-order valence-corrected chi connectivity index (χ0v) is 7.75. The van der Waals surface area contributed by atoms with Gasteiger partial charge in [-0.05, 0) is 6.07 Å². The lowest BCUT2D eigenvalue weighted by Crippen LogP contribution is -2.14. The number of halogens is 3. The molecule has 2 N–H and O–H groups in total. The van der Waals surface area contributed by atoms with E-state index in [0.29, 0.717) is 6.20 Å². The van der Waals surface area contributed by atoms with E-state index in [1.807, 2.05) is 0 Å². The fraction of sp³-hybridized carbons (Fsp3) is 0.111. The smallest absolute Gasteiger partial charge is 0.366 e. The van der Waals surface area contributed by atoms with Crippen molar-refractivity contribution in [2.75, 3.05) is 0 Å². The molecule has 1 radical (unpaired) electrons. The number of fused-ring (bicyclic) bond motifs is 1. The Morgan fingerprint density at radius 2 is 2.06 bits per heavy atom. The average Bonchev–Trinajstić information content (AvgIpc) is 2.59. The normalized spacial score (nSPS) is 14.1. The molecule has 0 fully saturated rings. The van der Waals surface area contributed by atoms with Gasteiger partial charge in [-0.1, -0.05) is 0 Å². The van der Waals surface area contributed by atoms with Crippen LogP contribution in [0.5, 0.6) is 0 Å². The maximum absolute atomic E-state index is 12.5. The van der Waals surface area contributed by atoms with E-state index in [1.54, 1.807) is 0 Å². The van der Waals surface area contributed by atoms with Gasteiger partial charge in [0.15, 0.2) is 0 Å². The lowest BCUT2D eigenvalue weighted by molar-refractivity contribution is -0.0690. The third-order valence-electron chi connectivity index (χ3n) is 2.07. The predicted octanol–water partition coefficient (Wildman–Crippen LogP) is 1.33. The highest BCUT2D eigenvalue weighted by Gasteiger charge is 2.40. The highest BCUT2D eigenvalue weighted by Crippen LogP contribution is 2.40. The Morgan fingerprint density at radius 1 is 1.38 bits per heavy atom. The number of alkyl halides is 3. The van der Waals surface area contributed by atoms with Gasteiger partial charge in [0.05, 0.1) is 5.56 Å². The summed E-state index contributed by atoms with van der Waals surface area (Å²) in [4.78, 5) is 14.5. The van der Waals surface area contributed by atoms with Gasteiger partial charge in [-0.2, -0.15) is 13.2 Å². The number of carbonyl (C=O) groups is 1. The summed E-state index contributed by atoms with van der Waals surface area (Å²) in [7, 11) is 0. The molecule has 0 bridgehead atoms. The number of rotatable bonds is 1. The fourth-order valence-corrected chi connectivity index (χ4v) is 1.38. The van der Waals surface area contributed by atoms with Crippen molar-refractivity contribution >= 4 is 17.2 Å². The summed E-state index contributed by atoms with van der Waals surface area (Å²) in [5.41, 5.74) is 3.49. The van der Waals surface area contributed by atoms with E-state index < -0.39 is 17.7 Å². The van der Waals surface area contributed by atoms with E-state index in [4.69, 9.17) is 5.73 Å². The van der Waals surface area contributed by atoms with E-state index in [-0.39, 0.29) is 16.9 Å². The minimum absolute atomic E-state index is 0.0690. The van der Waals surface area contributed by atoms with E-state index in [1.165, 1.54) is 6.07 Å². The SMILES string of the molecule is NC(=O)c1ccnc2c1[N]C=C2C(F)(F)F. The Morgan fingerprint density at radius 3 is 2.62 bits per heavy atom. The maximum Gasteiger partial charge on any atom is 0.420 e. The molecule has 0 saturated heterocycles. The van der Waals surface area contributed by atoms with Crippen LogP contribution in [-0.2, 0) is 0 Å². The monoisotopic (exact) mass is 228 g/mol. The van der Waals surface area contributed by atoms with Crippen molar-refractivity contribution in [1.29, 1.82) is 0 Å². The molecular weight excluding hydrogens is 223 g/mol. The minimum Gasteiger partial charge on any atom is -0.366 e.